The number of hydrogen-bond donors (Lipinski definition) is 6. The van der Waals surface area contributed by atoms with Gasteiger partial charge in [0.25, 0.3) is 0 Å². The minimum atomic E-state index is -1.71. The van der Waals surface area contributed by atoms with Crippen LogP contribution in [0.4, 0.5) is 0 Å². The summed E-state index contributed by atoms with van der Waals surface area (Å²) < 4.78 is 5.78. The quantitative estimate of drug-likeness (QED) is 0.191. The number of aliphatic carboxylic acids is 2. The van der Waals surface area contributed by atoms with E-state index in [1.807, 2.05) is 50.3 Å². The number of likely N-dealkylation sites (N-methyl/N-ethyl adjacent to an activating group) is 1. The van der Waals surface area contributed by atoms with Crippen LogP contribution >= 0.6 is 0 Å². The first-order chi connectivity index (χ1) is 25.3. The molecule has 54 heavy (non-hydrogen) atoms. The van der Waals surface area contributed by atoms with Gasteiger partial charge in [0.15, 0.2) is 0 Å². The van der Waals surface area contributed by atoms with Crippen LogP contribution < -0.4 is 21.3 Å². The SMILES string of the molecule is CO[C@@H](Cc1ccccc1)[C@@H](C)/C=C(C)/C=C/[C@@H]1NC(=O)[C@H](C(C)C)NC(=O)[C@@H](C)[C@H](C(=O)O)NC(=O)[C@H](C)N(C)C(=O)CC[C@H](C(=O)O)NC(=O)[C@H]1C. The molecule has 6 N–H and O–H groups in total. The van der Waals surface area contributed by atoms with Gasteiger partial charge in [0.1, 0.15) is 24.2 Å². The van der Waals surface area contributed by atoms with Crippen molar-refractivity contribution in [2.24, 2.45) is 23.7 Å². The summed E-state index contributed by atoms with van der Waals surface area (Å²) >= 11 is 0. The van der Waals surface area contributed by atoms with Gasteiger partial charge in [-0.2, -0.15) is 0 Å². The Labute approximate surface area is 317 Å². The topological polar surface area (TPSA) is 221 Å². The van der Waals surface area contributed by atoms with Crippen molar-refractivity contribution in [1.82, 2.24) is 26.2 Å². The number of methoxy groups -OCH3 is 1. The van der Waals surface area contributed by atoms with Crippen LogP contribution in [0.5, 0.6) is 0 Å². The third kappa shape index (κ3) is 13.1. The number of amides is 5. The number of ether oxygens (including phenoxy) is 1. The van der Waals surface area contributed by atoms with Gasteiger partial charge in [0.05, 0.1) is 24.0 Å². The molecule has 1 heterocycles. The lowest BCUT2D eigenvalue weighted by Crippen LogP contribution is -2.58. The molecule has 1 saturated heterocycles. The summed E-state index contributed by atoms with van der Waals surface area (Å²) in [4.78, 5) is 92.4. The first kappa shape index (κ1) is 45.1. The maximum Gasteiger partial charge on any atom is 0.327 e. The third-order valence-corrected chi connectivity index (χ3v) is 9.86. The molecule has 0 saturated carbocycles. The van der Waals surface area contributed by atoms with Crippen molar-refractivity contribution < 1.29 is 48.5 Å². The van der Waals surface area contributed by atoms with E-state index >= 15 is 0 Å². The number of carbonyl (C=O) groups excluding carboxylic acids is 5. The van der Waals surface area contributed by atoms with Crippen LogP contribution in [-0.4, -0.2) is 107 Å². The van der Waals surface area contributed by atoms with Gasteiger partial charge in [0.2, 0.25) is 29.5 Å². The predicted octanol–water partition coefficient (Wildman–Crippen LogP) is 2.06. The summed E-state index contributed by atoms with van der Waals surface area (Å²) in [6, 6.07) is 3.31. The Balaban J connectivity index is 2.54. The molecule has 1 aliphatic heterocycles. The number of rotatable bonds is 10. The molecule has 0 aromatic heterocycles. The first-order valence-electron chi connectivity index (χ1n) is 18.1. The Kier molecular flexibility index (Phi) is 17.5. The molecule has 1 aromatic carbocycles. The molecule has 2 rings (SSSR count). The van der Waals surface area contributed by atoms with E-state index in [9.17, 15) is 43.8 Å². The van der Waals surface area contributed by atoms with Crippen LogP contribution in [-0.2, 0) is 44.7 Å². The van der Waals surface area contributed by atoms with Gasteiger partial charge in [-0.3, -0.25) is 24.0 Å². The van der Waals surface area contributed by atoms with Crippen LogP contribution in [0, 0.1) is 23.7 Å². The zero-order chi connectivity index (χ0) is 40.9. The molecule has 15 heteroatoms. The van der Waals surface area contributed by atoms with Gasteiger partial charge in [0, 0.05) is 26.5 Å². The number of allylic oxidation sites excluding steroid dienone is 2. The van der Waals surface area contributed by atoms with E-state index in [2.05, 4.69) is 21.3 Å². The van der Waals surface area contributed by atoms with Crippen LogP contribution in [0.1, 0.15) is 66.9 Å². The minimum Gasteiger partial charge on any atom is -0.480 e. The van der Waals surface area contributed by atoms with Gasteiger partial charge in [-0.25, -0.2) is 9.59 Å². The van der Waals surface area contributed by atoms with Crippen molar-refractivity contribution in [1.29, 1.82) is 0 Å². The number of carboxylic acid groups (broad SMARTS) is 2. The van der Waals surface area contributed by atoms with E-state index in [1.54, 1.807) is 33.1 Å². The lowest BCUT2D eigenvalue weighted by molar-refractivity contribution is -0.147. The van der Waals surface area contributed by atoms with E-state index in [4.69, 9.17) is 4.74 Å². The minimum absolute atomic E-state index is 0.0346. The molecule has 0 radical (unpaired) electrons. The van der Waals surface area contributed by atoms with E-state index in [1.165, 1.54) is 27.8 Å². The summed E-state index contributed by atoms with van der Waals surface area (Å²) in [6.45, 7) is 11.4. The Bertz CT molecular complexity index is 1560. The lowest BCUT2D eigenvalue weighted by Gasteiger charge is -2.29. The Hall–Kier alpha value is -5.05. The van der Waals surface area contributed by atoms with E-state index in [-0.39, 0.29) is 24.9 Å². The summed E-state index contributed by atoms with van der Waals surface area (Å²) in [6.07, 6.45) is 5.18. The molecule has 15 nitrogen and oxygen atoms in total. The van der Waals surface area contributed by atoms with Crippen LogP contribution in [0.15, 0.2) is 54.1 Å². The zero-order valence-electron chi connectivity index (χ0n) is 32.6. The van der Waals surface area contributed by atoms with Crippen molar-refractivity contribution in [2.45, 2.75) is 104 Å². The molecule has 1 aromatic rings. The molecular formula is C39H57N5O10. The van der Waals surface area contributed by atoms with Gasteiger partial charge in [-0.1, -0.05) is 88.8 Å². The second kappa shape index (κ2) is 21.0. The standard InChI is InChI=1S/C39H57N5O10/c1-21(2)32-37(49)40-28(16-15-22(3)19-23(4)30(54-9)20-27-13-11-10-12-14-27)24(5)34(46)41-29(38(50)51)17-18-31(45)44(8)26(7)36(48)43-33(39(52)53)25(6)35(47)42-32/h10-16,19,21,23-26,28-30,32-33H,17-18,20H2,1-9H3,(H,40,49)(H,41,46)(H,42,47)(H,43,48)(H,50,51)(H,52,53)/b16-15+,22-19+/t23-,24-,25-,26-,28-,29+,30-,32-,33+/m0/s1. The largest absolute Gasteiger partial charge is 0.480 e. The highest BCUT2D eigenvalue weighted by Crippen LogP contribution is 2.19. The van der Waals surface area contributed by atoms with Crippen molar-refractivity contribution in [3.8, 4) is 0 Å². The Morgan fingerprint density at radius 2 is 1.48 bits per heavy atom. The Morgan fingerprint density at radius 1 is 0.870 bits per heavy atom. The number of nitrogens with one attached hydrogen (secondary N) is 4. The smallest absolute Gasteiger partial charge is 0.327 e. The second-order valence-electron chi connectivity index (χ2n) is 14.4. The molecule has 0 unspecified atom stereocenters. The average Bonchev–Trinajstić information content (AvgIpc) is 3.12. The van der Waals surface area contributed by atoms with E-state index in [0.29, 0.717) is 6.42 Å². The maximum absolute atomic E-state index is 13.8. The fourth-order valence-corrected chi connectivity index (χ4v) is 5.96. The summed E-state index contributed by atoms with van der Waals surface area (Å²) in [5.41, 5.74) is 1.91. The van der Waals surface area contributed by atoms with Crippen molar-refractivity contribution in [3.63, 3.8) is 0 Å². The van der Waals surface area contributed by atoms with Crippen LogP contribution in [0.25, 0.3) is 0 Å². The van der Waals surface area contributed by atoms with Crippen molar-refractivity contribution in [2.75, 3.05) is 14.2 Å². The highest BCUT2D eigenvalue weighted by atomic mass is 16.5. The number of hydrogen-bond acceptors (Lipinski definition) is 8. The highest BCUT2D eigenvalue weighted by Gasteiger charge is 2.37. The fourth-order valence-electron chi connectivity index (χ4n) is 5.96. The molecule has 0 spiro atoms. The number of benzene rings is 1. The Morgan fingerprint density at radius 3 is 2.04 bits per heavy atom. The van der Waals surface area contributed by atoms with E-state index in [0.717, 1.165) is 16.0 Å². The van der Waals surface area contributed by atoms with Crippen LogP contribution in [0.2, 0.25) is 0 Å². The first-order valence-corrected chi connectivity index (χ1v) is 18.1. The van der Waals surface area contributed by atoms with Crippen LogP contribution in [0.3, 0.4) is 0 Å². The highest BCUT2D eigenvalue weighted by molar-refractivity contribution is 5.95. The number of nitrogens with zero attached hydrogens (tertiary/aromatic N) is 1. The summed E-state index contributed by atoms with van der Waals surface area (Å²) in [5, 5.41) is 30.0. The molecule has 9 atom stereocenters. The average molecular weight is 756 g/mol. The molecular weight excluding hydrogens is 698 g/mol. The normalized spacial score (nSPS) is 27.1. The summed E-state index contributed by atoms with van der Waals surface area (Å²) in [5.74, 6) is -9.55. The molecule has 5 amide bonds. The van der Waals surface area contributed by atoms with E-state index < -0.39 is 89.4 Å². The zero-order valence-corrected chi connectivity index (χ0v) is 32.6. The van der Waals surface area contributed by atoms with Gasteiger partial charge in [-0.05, 0) is 38.2 Å². The number of carbonyl (C=O) groups is 7. The molecule has 0 aliphatic carbocycles. The fraction of sp³-hybridized carbons (Fsp3) is 0.564. The maximum atomic E-state index is 13.8. The van der Waals surface area contributed by atoms with Crippen molar-refractivity contribution in [3.05, 3.63) is 59.7 Å². The predicted molar refractivity (Wildman–Crippen MR) is 201 cm³/mol. The number of carboxylic acids is 2. The van der Waals surface area contributed by atoms with Crippen molar-refractivity contribution >= 4 is 41.5 Å². The molecule has 1 fully saturated rings. The monoisotopic (exact) mass is 755 g/mol. The second-order valence-corrected chi connectivity index (χ2v) is 14.4. The molecule has 298 valence electrons. The molecule has 1 aliphatic rings. The molecule has 0 bridgehead atoms. The van der Waals surface area contributed by atoms with Gasteiger partial charge < -0.3 is 41.1 Å². The summed E-state index contributed by atoms with van der Waals surface area (Å²) in [7, 11) is 2.94. The van der Waals surface area contributed by atoms with Gasteiger partial charge >= 0.3 is 11.9 Å². The third-order valence-electron chi connectivity index (χ3n) is 9.86. The van der Waals surface area contributed by atoms with Gasteiger partial charge in [-0.15, -0.1) is 0 Å². The lowest BCUT2D eigenvalue weighted by atomic mass is 9.94.